The molecule has 164 valence electrons. The Kier molecular flexibility index (Phi) is 8.65. The van der Waals surface area contributed by atoms with E-state index in [1.54, 1.807) is 29.2 Å². The Balaban J connectivity index is 2.07. The first kappa shape index (κ1) is 23.7. The number of benzene rings is 2. The minimum atomic E-state index is -4.05. The number of halogens is 1. The number of carbonyl (C=O) groups excluding carboxylic acids is 1. The number of hydrogen-bond donors (Lipinski definition) is 1. The summed E-state index contributed by atoms with van der Waals surface area (Å²) < 4.78 is 42.8. The Morgan fingerprint density at radius 2 is 1.73 bits per heavy atom. The van der Waals surface area contributed by atoms with Crippen LogP contribution in [-0.4, -0.2) is 31.9 Å². The van der Waals surface area contributed by atoms with E-state index in [1.807, 2.05) is 13.8 Å². The van der Waals surface area contributed by atoms with E-state index in [9.17, 15) is 17.6 Å². The molecule has 2 aromatic rings. The lowest BCUT2D eigenvalue weighted by atomic mass is 10.1. The van der Waals surface area contributed by atoms with Crippen molar-refractivity contribution in [3.8, 4) is 5.75 Å². The smallest absolute Gasteiger partial charge is 0.339 e. The average molecular weight is 437 g/mol. The number of carbonyl (C=O) groups is 1. The van der Waals surface area contributed by atoms with Gasteiger partial charge in [0.25, 0.3) is 0 Å². The van der Waals surface area contributed by atoms with Gasteiger partial charge in [-0.1, -0.05) is 32.4 Å². The molecule has 0 bridgehead atoms. The molecule has 0 heterocycles. The number of unbranched alkanes of at least 4 members (excludes halogenated alkanes) is 1. The molecule has 0 saturated heterocycles. The summed E-state index contributed by atoms with van der Waals surface area (Å²) in [5.41, 5.74) is 0.854. The number of nitrogens with one attached hydrogen (secondary N) is 1. The molecule has 0 aromatic heterocycles. The Labute approximate surface area is 178 Å². The lowest BCUT2D eigenvalue weighted by molar-refractivity contribution is 0.173. The van der Waals surface area contributed by atoms with Crippen LogP contribution in [0.4, 0.5) is 9.18 Å². The zero-order valence-electron chi connectivity index (χ0n) is 17.6. The second kappa shape index (κ2) is 11.0. The van der Waals surface area contributed by atoms with Gasteiger partial charge in [-0.15, -0.1) is 0 Å². The fourth-order valence-electron chi connectivity index (χ4n) is 2.75. The normalized spacial score (nSPS) is 12.3. The van der Waals surface area contributed by atoms with Gasteiger partial charge in [0.05, 0.1) is 0 Å². The van der Waals surface area contributed by atoms with Gasteiger partial charge >= 0.3 is 16.1 Å². The summed E-state index contributed by atoms with van der Waals surface area (Å²) in [5, 5.41) is 2.94. The van der Waals surface area contributed by atoms with E-state index < -0.39 is 15.9 Å². The molecule has 2 rings (SSSR count). The molecule has 0 spiro atoms. The van der Waals surface area contributed by atoms with Crippen LogP contribution in [0, 0.1) is 5.82 Å². The van der Waals surface area contributed by atoms with Crippen LogP contribution in [0.5, 0.6) is 5.75 Å². The highest BCUT2D eigenvalue weighted by atomic mass is 32.2. The van der Waals surface area contributed by atoms with Gasteiger partial charge in [-0.25, -0.2) is 9.18 Å². The Bertz CT molecular complexity index is 915. The van der Waals surface area contributed by atoms with Gasteiger partial charge in [-0.2, -0.15) is 8.42 Å². The van der Waals surface area contributed by atoms with E-state index in [-0.39, 0.29) is 22.7 Å². The molecule has 0 saturated carbocycles. The molecule has 0 aliphatic heterocycles. The van der Waals surface area contributed by atoms with Crippen LogP contribution < -0.4 is 9.50 Å². The largest absolute Gasteiger partial charge is 0.379 e. The van der Waals surface area contributed by atoms with Crippen LogP contribution in [0.3, 0.4) is 0 Å². The summed E-state index contributed by atoms with van der Waals surface area (Å²) in [5.74, 6) is -0.381. The first-order chi connectivity index (χ1) is 14.3. The predicted molar refractivity (Wildman–Crippen MR) is 114 cm³/mol. The number of amides is 2. The van der Waals surface area contributed by atoms with Gasteiger partial charge in [0.2, 0.25) is 0 Å². The van der Waals surface area contributed by atoms with E-state index in [2.05, 4.69) is 12.2 Å². The molecule has 2 aromatic carbocycles. The first-order valence-electron chi connectivity index (χ1n) is 10.1. The molecule has 2 amide bonds. The second-order valence-corrected chi connectivity index (χ2v) is 8.65. The number of hydrogen-bond acceptors (Lipinski definition) is 4. The van der Waals surface area contributed by atoms with Crippen molar-refractivity contribution < 1.29 is 21.8 Å². The van der Waals surface area contributed by atoms with Crippen LogP contribution in [0.2, 0.25) is 0 Å². The van der Waals surface area contributed by atoms with Gasteiger partial charge in [0.1, 0.15) is 16.5 Å². The third-order valence-electron chi connectivity index (χ3n) is 4.77. The number of rotatable bonds is 10. The minimum absolute atomic E-state index is 0.0569. The van der Waals surface area contributed by atoms with Gasteiger partial charge < -0.3 is 14.4 Å². The molecule has 1 N–H and O–H groups in total. The average Bonchev–Trinajstić information content (AvgIpc) is 2.72. The molecule has 6 nitrogen and oxygen atoms in total. The fraction of sp³-hybridized carbons (Fsp3) is 0.409. The summed E-state index contributed by atoms with van der Waals surface area (Å²) in [6, 6.07) is 10.9. The fourth-order valence-corrected chi connectivity index (χ4v) is 3.68. The van der Waals surface area contributed by atoms with E-state index in [1.165, 1.54) is 0 Å². The summed E-state index contributed by atoms with van der Waals surface area (Å²) in [6.45, 7) is 7.12. The molecule has 8 heteroatoms. The van der Waals surface area contributed by atoms with E-state index in [0.29, 0.717) is 13.1 Å². The van der Waals surface area contributed by atoms with Crippen LogP contribution in [0.1, 0.15) is 45.6 Å². The van der Waals surface area contributed by atoms with Gasteiger partial charge in [0.15, 0.2) is 0 Å². The zero-order valence-corrected chi connectivity index (χ0v) is 18.4. The SMILES string of the molecule is CCCCNC(=O)N(Cc1ccc(OS(=O)(=O)c2ccc(F)cc2)cc1)C(C)CC. The van der Waals surface area contributed by atoms with E-state index >= 15 is 0 Å². The lowest BCUT2D eigenvalue weighted by Gasteiger charge is -2.29. The Morgan fingerprint density at radius 3 is 2.30 bits per heavy atom. The minimum Gasteiger partial charge on any atom is -0.379 e. The number of urea groups is 1. The highest BCUT2D eigenvalue weighted by Gasteiger charge is 2.20. The third kappa shape index (κ3) is 6.73. The van der Waals surface area contributed by atoms with Crippen molar-refractivity contribution >= 4 is 16.1 Å². The first-order valence-corrected chi connectivity index (χ1v) is 11.5. The Morgan fingerprint density at radius 1 is 1.10 bits per heavy atom. The third-order valence-corrected chi connectivity index (χ3v) is 6.04. The second-order valence-electron chi connectivity index (χ2n) is 7.11. The maximum Gasteiger partial charge on any atom is 0.339 e. The van der Waals surface area contributed by atoms with Crippen molar-refractivity contribution in [2.45, 2.75) is 57.5 Å². The van der Waals surface area contributed by atoms with Crippen molar-refractivity contribution in [2.24, 2.45) is 0 Å². The summed E-state index contributed by atoms with van der Waals surface area (Å²) in [7, 11) is -4.05. The molecule has 1 atom stereocenters. The van der Waals surface area contributed by atoms with Gasteiger partial charge in [0, 0.05) is 19.1 Å². The maximum atomic E-state index is 13.0. The van der Waals surface area contributed by atoms with Crippen LogP contribution >= 0.6 is 0 Å². The highest BCUT2D eigenvalue weighted by Crippen LogP contribution is 2.21. The lowest BCUT2D eigenvalue weighted by Crippen LogP contribution is -2.44. The van der Waals surface area contributed by atoms with Crippen LogP contribution in [0.15, 0.2) is 53.4 Å². The topological polar surface area (TPSA) is 75.7 Å². The quantitative estimate of drug-likeness (QED) is 0.433. The molecule has 0 aliphatic carbocycles. The summed E-state index contributed by atoms with van der Waals surface area (Å²) in [4.78, 5) is 14.2. The molecule has 0 radical (unpaired) electrons. The van der Waals surface area contributed by atoms with Gasteiger partial charge in [-0.05, 0) is 61.7 Å². The Hall–Kier alpha value is -2.61. The molecule has 0 fully saturated rings. The monoisotopic (exact) mass is 436 g/mol. The highest BCUT2D eigenvalue weighted by molar-refractivity contribution is 7.87. The number of nitrogens with zero attached hydrogens (tertiary/aromatic N) is 1. The van der Waals surface area contributed by atoms with Crippen molar-refractivity contribution in [2.75, 3.05) is 6.54 Å². The maximum absolute atomic E-state index is 13.0. The molecular weight excluding hydrogens is 407 g/mol. The molecule has 1 unspecified atom stereocenters. The van der Waals surface area contributed by atoms with Gasteiger partial charge in [-0.3, -0.25) is 0 Å². The zero-order chi connectivity index (χ0) is 22.1. The molecule has 30 heavy (non-hydrogen) atoms. The van der Waals surface area contributed by atoms with Crippen molar-refractivity contribution in [1.82, 2.24) is 10.2 Å². The van der Waals surface area contributed by atoms with Crippen molar-refractivity contribution in [1.29, 1.82) is 0 Å². The predicted octanol–water partition coefficient (Wildman–Crippen LogP) is 4.70. The van der Waals surface area contributed by atoms with Crippen LogP contribution in [-0.2, 0) is 16.7 Å². The van der Waals surface area contributed by atoms with Crippen molar-refractivity contribution in [3.63, 3.8) is 0 Å². The summed E-state index contributed by atoms with van der Waals surface area (Å²) in [6.07, 6.45) is 2.75. The van der Waals surface area contributed by atoms with E-state index in [0.717, 1.165) is 49.1 Å². The van der Waals surface area contributed by atoms with E-state index in [4.69, 9.17) is 4.18 Å². The van der Waals surface area contributed by atoms with Crippen molar-refractivity contribution in [3.05, 3.63) is 59.9 Å². The molecule has 0 aliphatic rings. The standard InChI is InChI=1S/C22H29FN2O4S/c1-4-6-15-24-22(26)25(17(3)5-2)16-18-7-11-20(12-8-18)29-30(27,28)21-13-9-19(23)10-14-21/h7-14,17H,4-6,15-16H2,1-3H3,(H,24,26). The molecular formula is C22H29FN2O4S. The summed E-state index contributed by atoms with van der Waals surface area (Å²) >= 11 is 0. The van der Waals surface area contributed by atoms with Crippen LogP contribution in [0.25, 0.3) is 0 Å².